The van der Waals surface area contributed by atoms with Gasteiger partial charge in [0.1, 0.15) is 5.75 Å². The number of benzene rings is 2. The zero-order chi connectivity index (χ0) is 23.7. The molecule has 4 fully saturated rings. The molecule has 4 saturated carbocycles. The van der Waals surface area contributed by atoms with Crippen LogP contribution in [0.15, 0.2) is 48.5 Å². The molecule has 34 heavy (non-hydrogen) atoms. The highest BCUT2D eigenvalue weighted by molar-refractivity contribution is 6.07. The van der Waals surface area contributed by atoms with Crippen LogP contribution in [-0.4, -0.2) is 35.2 Å². The molecule has 2 aromatic rings. The molecule has 5 heteroatoms. The molecule has 0 radical (unpaired) electrons. The van der Waals surface area contributed by atoms with Crippen molar-refractivity contribution < 1.29 is 24.5 Å². The molecule has 178 valence electrons. The smallest absolute Gasteiger partial charge is 0.335 e. The van der Waals surface area contributed by atoms with Gasteiger partial charge in [0.05, 0.1) is 12.2 Å². The first-order valence-corrected chi connectivity index (χ1v) is 12.4. The van der Waals surface area contributed by atoms with Gasteiger partial charge in [-0.25, -0.2) is 4.79 Å². The normalized spacial score (nSPS) is 27.3. The second-order valence-corrected chi connectivity index (χ2v) is 10.5. The van der Waals surface area contributed by atoms with Crippen molar-refractivity contribution in [2.45, 2.75) is 50.4 Å². The van der Waals surface area contributed by atoms with Gasteiger partial charge < -0.3 is 14.9 Å². The number of hydrogen-bond acceptors (Lipinski definition) is 4. The van der Waals surface area contributed by atoms with Gasteiger partial charge >= 0.3 is 5.97 Å². The number of ether oxygens (including phenoxy) is 1. The highest BCUT2D eigenvalue weighted by Crippen LogP contribution is 2.62. The van der Waals surface area contributed by atoms with Crippen molar-refractivity contribution in [1.82, 2.24) is 0 Å². The molecule has 0 saturated heterocycles. The van der Waals surface area contributed by atoms with E-state index in [-0.39, 0.29) is 23.4 Å². The summed E-state index contributed by atoms with van der Waals surface area (Å²) in [6.07, 6.45) is 11.5. The van der Waals surface area contributed by atoms with Crippen molar-refractivity contribution in [3.8, 4) is 5.75 Å². The van der Waals surface area contributed by atoms with Gasteiger partial charge in [0.25, 0.3) is 0 Å². The van der Waals surface area contributed by atoms with E-state index >= 15 is 0 Å². The first-order valence-electron chi connectivity index (χ1n) is 12.4. The van der Waals surface area contributed by atoms with Crippen molar-refractivity contribution in [2.24, 2.45) is 17.8 Å². The monoisotopic (exact) mass is 460 g/mol. The molecule has 0 amide bonds. The summed E-state index contributed by atoms with van der Waals surface area (Å²) in [6, 6.07) is 12.3. The molecule has 2 N–H and O–H groups in total. The van der Waals surface area contributed by atoms with Gasteiger partial charge in [0, 0.05) is 24.2 Å². The van der Waals surface area contributed by atoms with E-state index in [2.05, 4.69) is 6.07 Å². The SMILES string of the molecule is O=C(O)c1ccc(/C=C/C(=O)c2ccc(OCCCO)c(C34CC5CC(CC(C5)C3)C4)c2)cc1. The Morgan fingerprint density at radius 1 is 0.941 bits per heavy atom. The largest absolute Gasteiger partial charge is 0.493 e. The summed E-state index contributed by atoms with van der Waals surface area (Å²) < 4.78 is 6.12. The van der Waals surface area contributed by atoms with Crippen LogP contribution in [0, 0.1) is 17.8 Å². The van der Waals surface area contributed by atoms with Crippen LogP contribution in [0.25, 0.3) is 6.08 Å². The second kappa shape index (κ2) is 9.38. The fourth-order valence-electron chi connectivity index (χ4n) is 6.92. The van der Waals surface area contributed by atoms with Crippen molar-refractivity contribution >= 4 is 17.8 Å². The van der Waals surface area contributed by atoms with Crippen molar-refractivity contribution in [2.75, 3.05) is 13.2 Å². The van der Waals surface area contributed by atoms with Gasteiger partial charge in [-0.3, -0.25) is 4.79 Å². The Kier molecular flexibility index (Phi) is 6.30. The van der Waals surface area contributed by atoms with Crippen LogP contribution < -0.4 is 4.74 Å². The lowest BCUT2D eigenvalue weighted by Crippen LogP contribution is -2.48. The number of rotatable bonds is 9. The molecule has 0 unspecified atom stereocenters. The Morgan fingerprint density at radius 3 is 2.15 bits per heavy atom. The topological polar surface area (TPSA) is 83.8 Å². The number of carbonyl (C=O) groups is 2. The quantitative estimate of drug-likeness (QED) is 0.293. The molecule has 4 bridgehead atoms. The molecular formula is C29H32O5. The minimum Gasteiger partial charge on any atom is -0.493 e. The lowest BCUT2D eigenvalue weighted by atomic mass is 9.48. The minimum absolute atomic E-state index is 0.0739. The van der Waals surface area contributed by atoms with Crippen molar-refractivity contribution in [3.05, 3.63) is 70.8 Å². The highest BCUT2D eigenvalue weighted by Gasteiger charge is 2.52. The van der Waals surface area contributed by atoms with Crippen LogP contribution in [0.5, 0.6) is 5.75 Å². The third-order valence-corrected chi connectivity index (χ3v) is 8.02. The summed E-state index contributed by atoms with van der Waals surface area (Å²) in [4.78, 5) is 24.1. The average Bonchev–Trinajstić information content (AvgIpc) is 2.82. The van der Waals surface area contributed by atoms with E-state index in [4.69, 9.17) is 9.84 Å². The standard InChI is InChI=1S/C29H32O5/c30-10-1-11-34-27-9-7-24(26(31)8-4-19-2-5-23(6-3-19)28(32)33)15-25(27)29-16-20-12-21(17-29)14-22(13-20)18-29/h2-9,15,20-22,30H,1,10-14,16-18H2,(H,32,33)/b8-4+. The van der Waals surface area contributed by atoms with Gasteiger partial charge in [0.2, 0.25) is 0 Å². The Hall–Kier alpha value is -2.92. The molecule has 4 aliphatic carbocycles. The molecule has 4 aliphatic rings. The lowest BCUT2D eigenvalue weighted by molar-refractivity contribution is -0.00644. The average molecular weight is 461 g/mol. The van der Waals surface area contributed by atoms with E-state index in [0.29, 0.717) is 18.6 Å². The van der Waals surface area contributed by atoms with E-state index in [9.17, 15) is 14.7 Å². The number of carboxylic acids is 1. The molecule has 0 aromatic heterocycles. The highest BCUT2D eigenvalue weighted by atomic mass is 16.5. The molecule has 2 aromatic carbocycles. The van der Waals surface area contributed by atoms with Crippen molar-refractivity contribution in [1.29, 1.82) is 0 Å². The van der Waals surface area contributed by atoms with Crippen LogP contribution >= 0.6 is 0 Å². The third kappa shape index (κ3) is 4.54. The maximum atomic E-state index is 13.1. The van der Waals surface area contributed by atoms with E-state index in [1.807, 2.05) is 12.1 Å². The van der Waals surface area contributed by atoms with Crippen LogP contribution in [0.1, 0.15) is 76.8 Å². The fraction of sp³-hybridized carbons (Fsp3) is 0.448. The van der Waals surface area contributed by atoms with E-state index in [1.165, 1.54) is 56.2 Å². The number of carboxylic acid groups (broad SMARTS) is 1. The van der Waals surface area contributed by atoms with Gasteiger partial charge in [-0.15, -0.1) is 0 Å². The van der Waals surface area contributed by atoms with Crippen LogP contribution in [0.2, 0.25) is 0 Å². The van der Waals surface area contributed by atoms with Gasteiger partial charge in [-0.2, -0.15) is 0 Å². The van der Waals surface area contributed by atoms with Crippen LogP contribution in [0.4, 0.5) is 0 Å². The molecule has 5 nitrogen and oxygen atoms in total. The molecule has 0 spiro atoms. The molecule has 0 atom stereocenters. The van der Waals surface area contributed by atoms with Crippen molar-refractivity contribution in [3.63, 3.8) is 0 Å². The van der Waals surface area contributed by atoms with E-state index < -0.39 is 5.97 Å². The predicted molar refractivity (Wildman–Crippen MR) is 130 cm³/mol. The number of ketones is 1. The minimum atomic E-state index is -0.967. The zero-order valence-corrected chi connectivity index (χ0v) is 19.4. The predicted octanol–water partition coefficient (Wildman–Crippen LogP) is 5.51. The summed E-state index contributed by atoms with van der Waals surface area (Å²) in [5.74, 6) is 2.17. The Bertz CT molecular complexity index is 1060. The molecule has 0 aliphatic heterocycles. The Morgan fingerprint density at radius 2 is 1.56 bits per heavy atom. The number of aliphatic hydroxyl groups excluding tert-OH is 1. The van der Waals surface area contributed by atoms with Crippen LogP contribution in [0.3, 0.4) is 0 Å². The summed E-state index contributed by atoms with van der Waals surface area (Å²) in [7, 11) is 0. The van der Waals surface area contributed by atoms with Crippen LogP contribution in [-0.2, 0) is 5.41 Å². The number of allylic oxidation sites excluding steroid dienone is 1. The summed E-state index contributed by atoms with van der Waals surface area (Å²) in [6.45, 7) is 0.566. The van der Waals surface area contributed by atoms with Gasteiger partial charge in [0.15, 0.2) is 5.78 Å². The number of hydrogen-bond donors (Lipinski definition) is 2. The molecule has 6 rings (SSSR count). The maximum absolute atomic E-state index is 13.1. The Labute approximate surface area is 200 Å². The first kappa shape index (κ1) is 22.9. The number of aliphatic hydroxyl groups is 1. The van der Waals surface area contributed by atoms with E-state index in [1.54, 1.807) is 24.3 Å². The summed E-state index contributed by atoms with van der Waals surface area (Å²) in [5.41, 5.74) is 2.92. The second-order valence-electron chi connectivity index (χ2n) is 10.5. The third-order valence-electron chi connectivity index (χ3n) is 8.02. The summed E-state index contributed by atoms with van der Waals surface area (Å²) in [5, 5.41) is 18.2. The summed E-state index contributed by atoms with van der Waals surface area (Å²) >= 11 is 0. The number of aromatic carboxylic acids is 1. The maximum Gasteiger partial charge on any atom is 0.335 e. The molecule has 0 heterocycles. The van der Waals surface area contributed by atoms with Gasteiger partial charge in [-0.1, -0.05) is 18.2 Å². The van der Waals surface area contributed by atoms with E-state index in [0.717, 1.165) is 29.1 Å². The lowest BCUT2D eigenvalue weighted by Gasteiger charge is -2.57. The zero-order valence-electron chi connectivity index (χ0n) is 19.4. The fourth-order valence-corrected chi connectivity index (χ4v) is 6.92. The first-order chi connectivity index (χ1) is 16.5. The number of carbonyl (C=O) groups excluding carboxylic acids is 1. The Balaban J connectivity index is 1.42. The molecular weight excluding hydrogens is 428 g/mol. The van der Waals surface area contributed by atoms with Gasteiger partial charge in [-0.05, 0) is 104 Å².